The molecule has 0 saturated carbocycles. The number of aromatic nitrogens is 2. The number of piperidine rings is 1. The molecule has 0 spiro atoms. The first-order valence-corrected chi connectivity index (χ1v) is 7.80. The molecule has 2 aliphatic heterocycles. The van der Waals surface area contributed by atoms with Crippen molar-refractivity contribution in [3.8, 4) is 0 Å². The van der Waals surface area contributed by atoms with Crippen LogP contribution >= 0.6 is 15.9 Å². The minimum Gasteiger partial charge on any atom is -0.369 e. The molecule has 20 heavy (non-hydrogen) atoms. The molecule has 2 unspecified atom stereocenters. The van der Waals surface area contributed by atoms with Crippen LogP contribution in [0.15, 0.2) is 10.8 Å². The SMILES string of the molecule is CCNc1ncnc(N2CCCC3C(=O)NCC32)c1Br. The third-order valence-electron chi connectivity index (χ3n) is 3.99. The Morgan fingerprint density at radius 3 is 3.20 bits per heavy atom. The maximum atomic E-state index is 11.8. The number of carbonyl (C=O) groups is 1. The third kappa shape index (κ3) is 2.24. The summed E-state index contributed by atoms with van der Waals surface area (Å²) in [6, 6.07) is 0.205. The molecule has 108 valence electrons. The van der Waals surface area contributed by atoms with Crippen molar-refractivity contribution < 1.29 is 4.79 Å². The van der Waals surface area contributed by atoms with E-state index in [1.54, 1.807) is 6.33 Å². The van der Waals surface area contributed by atoms with Crippen LogP contribution in [-0.2, 0) is 4.79 Å². The highest BCUT2D eigenvalue weighted by molar-refractivity contribution is 9.10. The molecule has 2 fully saturated rings. The van der Waals surface area contributed by atoms with Crippen LogP contribution in [0.2, 0.25) is 0 Å². The maximum Gasteiger partial charge on any atom is 0.225 e. The summed E-state index contributed by atoms with van der Waals surface area (Å²) in [5, 5.41) is 6.18. The summed E-state index contributed by atoms with van der Waals surface area (Å²) in [6.45, 7) is 4.47. The zero-order valence-electron chi connectivity index (χ0n) is 11.4. The van der Waals surface area contributed by atoms with Gasteiger partial charge in [0.05, 0.1) is 12.0 Å². The lowest BCUT2D eigenvalue weighted by molar-refractivity contribution is -0.122. The molecule has 6 nitrogen and oxygen atoms in total. The van der Waals surface area contributed by atoms with Gasteiger partial charge in [0.15, 0.2) is 0 Å². The van der Waals surface area contributed by atoms with Crippen LogP contribution in [0, 0.1) is 5.92 Å². The monoisotopic (exact) mass is 339 g/mol. The molecule has 2 atom stereocenters. The van der Waals surface area contributed by atoms with Gasteiger partial charge >= 0.3 is 0 Å². The number of rotatable bonds is 3. The van der Waals surface area contributed by atoms with Crippen LogP contribution in [0.3, 0.4) is 0 Å². The molecule has 2 aliphatic rings. The zero-order valence-corrected chi connectivity index (χ0v) is 13.0. The van der Waals surface area contributed by atoms with E-state index in [9.17, 15) is 4.79 Å². The minimum atomic E-state index is 0.0909. The third-order valence-corrected chi connectivity index (χ3v) is 4.72. The quantitative estimate of drug-likeness (QED) is 0.870. The van der Waals surface area contributed by atoms with Crippen molar-refractivity contribution in [2.45, 2.75) is 25.8 Å². The Kier molecular flexibility index (Phi) is 3.78. The normalized spacial score (nSPS) is 25.3. The topological polar surface area (TPSA) is 70.2 Å². The summed E-state index contributed by atoms with van der Waals surface area (Å²) in [5.41, 5.74) is 0. The van der Waals surface area contributed by atoms with Gasteiger partial charge in [-0.1, -0.05) is 0 Å². The lowest BCUT2D eigenvalue weighted by Gasteiger charge is -2.37. The Labute approximate surface area is 126 Å². The average molecular weight is 340 g/mol. The van der Waals surface area contributed by atoms with Gasteiger partial charge in [-0.15, -0.1) is 0 Å². The van der Waals surface area contributed by atoms with Gasteiger partial charge in [-0.3, -0.25) is 4.79 Å². The fraction of sp³-hybridized carbons (Fsp3) is 0.615. The first kappa shape index (κ1) is 13.6. The Balaban J connectivity index is 1.92. The summed E-state index contributed by atoms with van der Waals surface area (Å²) in [6.07, 6.45) is 3.56. The molecular weight excluding hydrogens is 322 g/mol. The number of fused-ring (bicyclic) bond motifs is 1. The van der Waals surface area contributed by atoms with Crippen molar-refractivity contribution in [3.05, 3.63) is 10.8 Å². The highest BCUT2D eigenvalue weighted by atomic mass is 79.9. The fourth-order valence-corrected chi connectivity index (χ4v) is 3.64. The van der Waals surface area contributed by atoms with Gasteiger partial charge in [0.2, 0.25) is 5.91 Å². The Morgan fingerprint density at radius 2 is 2.40 bits per heavy atom. The summed E-state index contributed by atoms with van der Waals surface area (Å²) < 4.78 is 0.877. The molecule has 2 saturated heterocycles. The minimum absolute atomic E-state index is 0.0909. The van der Waals surface area contributed by atoms with E-state index in [4.69, 9.17) is 0 Å². The van der Waals surface area contributed by atoms with Gasteiger partial charge < -0.3 is 15.5 Å². The molecule has 0 aliphatic carbocycles. The van der Waals surface area contributed by atoms with Crippen molar-refractivity contribution in [3.63, 3.8) is 0 Å². The maximum absolute atomic E-state index is 11.8. The number of hydrogen-bond acceptors (Lipinski definition) is 5. The molecule has 1 aromatic heterocycles. The lowest BCUT2D eigenvalue weighted by atomic mass is 9.91. The van der Waals surface area contributed by atoms with Crippen molar-refractivity contribution >= 4 is 33.5 Å². The molecule has 1 amide bonds. The van der Waals surface area contributed by atoms with Crippen LogP contribution in [0.4, 0.5) is 11.6 Å². The Hall–Kier alpha value is -1.37. The second-order valence-corrected chi connectivity index (χ2v) is 5.94. The number of nitrogens with zero attached hydrogens (tertiary/aromatic N) is 3. The van der Waals surface area contributed by atoms with E-state index in [1.807, 2.05) is 6.92 Å². The van der Waals surface area contributed by atoms with Crippen molar-refractivity contribution in [1.82, 2.24) is 15.3 Å². The van der Waals surface area contributed by atoms with Gasteiger partial charge in [0.1, 0.15) is 22.4 Å². The van der Waals surface area contributed by atoms with E-state index in [0.717, 1.165) is 42.0 Å². The number of amides is 1. The van der Waals surface area contributed by atoms with E-state index >= 15 is 0 Å². The van der Waals surface area contributed by atoms with E-state index in [1.165, 1.54) is 0 Å². The second-order valence-electron chi connectivity index (χ2n) is 5.14. The van der Waals surface area contributed by atoms with Crippen molar-refractivity contribution in [2.75, 3.05) is 29.9 Å². The molecule has 0 bridgehead atoms. The van der Waals surface area contributed by atoms with E-state index in [-0.39, 0.29) is 17.9 Å². The van der Waals surface area contributed by atoms with Gasteiger partial charge in [-0.25, -0.2) is 9.97 Å². The van der Waals surface area contributed by atoms with Gasteiger partial charge in [-0.2, -0.15) is 0 Å². The zero-order chi connectivity index (χ0) is 14.1. The van der Waals surface area contributed by atoms with Crippen LogP contribution in [0.1, 0.15) is 19.8 Å². The standard InChI is InChI=1S/C13H18BrN5O/c1-2-15-11-10(14)12(18-7-17-11)19-5-3-4-8-9(19)6-16-13(8)20/h7-9H,2-6H2,1H3,(H,16,20)(H,15,17,18). The largest absolute Gasteiger partial charge is 0.369 e. The van der Waals surface area contributed by atoms with Crippen LogP contribution in [-0.4, -0.2) is 41.6 Å². The van der Waals surface area contributed by atoms with Crippen LogP contribution in [0.25, 0.3) is 0 Å². The number of halogens is 1. The number of anilines is 2. The smallest absolute Gasteiger partial charge is 0.225 e. The second kappa shape index (κ2) is 5.55. The van der Waals surface area contributed by atoms with Crippen LogP contribution in [0.5, 0.6) is 0 Å². The predicted octanol–water partition coefficient (Wildman–Crippen LogP) is 1.39. The highest BCUT2D eigenvalue weighted by Crippen LogP contribution is 2.36. The summed E-state index contributed by atoms with van der Waals surface area (Å²) in [4.78, 5) is 22.7. The van der Waals surface area contributed by atoms with E-state index < -0.39 is 0 Å². The number of hydrogen-bond donors (Lipinski definition) is 2. The van der Waals surface area contributed by atoms with Gasteiger partial charge in [0.25, 0.3) is 0 Å². The van der Waals surface area contributed by atoms with Gasteiger partial charge in [-0.05, 0) is 35.7 Å². The first-order chi connectivity index (χ1) is 9.72. The molecule has 3 rings (SSSR count). The summed E-state index contributed by atoms with van der Waals surface area (Å²) in [5.74, 6) is 1.95. The Bertz CT molecular complexity index is 523. The number of carbonyl (C=O) groups excluding carboxylic acids is 1. The van der Waals surface area contributed by atoms with Crippen molar-refractivity contribution in [2.24, 2.45) is 5.92 Å². The average Bonchev–Trinajstić information content (AvgIpc) is 2.84. The lowest BCUT2D eigenvalue weighted by Crippen LogP contribution is -2.46. The summed E-state index contributed by atoms with van der Waals surface area (Å²) in [7, 11) is 0. The molecule has 7 heteroatoms. The molecule has 0 aromatic carbocycles. The van der Waals surface area contributed by atoms with E-state index in [2.05, 4.69) is 41.4 Å². The molecular formula is C13H18BrN5O. The first-order valence-electron chi connectivity index (χ1n) is 7.01. The van der Waals surface area contributed by atoms with Crippen LogP contribution < -0.4 is 15.5 Å². The number of nitrogens with one attached hydrogen (secondary N) is 2. The molecule has 3 heterocycles. The van der Waals surface area contributed by atoms with Gasteiger partial charge in [0, 0.05) is 19.6 Å². The fourth-order valence-electron chi connectivity index (χ4n) is 3.07. The molecule has 0 radical (unpaired) electrons. The summed E-state index contributed by atoms with van der Waals surface area (Å²) >= 11 is 3.60. The predicted molar refractivity (Wildman–Crippen MR) is 80.8 cm³/mol. The molecule has 1 aromatic rings. The molecule has 2 N–H and O–H groups in total. The Morgan fingerprint density at radius 1 is 1.55 bits per heavy atom. The van der Waals surface area contributed by atoms with E-state index in [0.29, 0.717) is 6.54 Å². The highest BCUT2D eigenvalue weighted by Gasteiger charge is 2.41. The van der Waals surface area contributed by atoms with Crippen molar-refractivity contribution in [1.29, 1.82) is 0 Å².